The molecule has 0 radical (unpaired) electrons. The minimum absolute atomic E-state index is 0.00568. The number of amides is 1. The molecule has 9 nitrogen and oxygen atoms in total. The molecule has 192 valence electrons. The van der Waals surface area contributed by atoms with E-state index in [-0.39, 0.29) is 35.6 Å². The maximum absolute atomic E-state index is 13.8. The van der Waals surface area contributed by atoms with Gasteiger partial charge in [0.1, 0.15) is 22.7 Å². The van der Waals surface area contributed by atoms with Crippen LogP contribution in [0.2, 0.25) is 0 Å². The molecular weight excluding hydrogens is 545 g/mol. The molecule has 2 fully saturated rings. The van der Waals surface area contributed by atoms with Gasteiger partial charge in [0.15, 0.2) is 5.78 Å². The number of aryl methyl sites for hydroxylation is 2. The Morgan fingerprint density at radius 3 is 2.63 bits per heavy atom. The van der Waals surface area contributed by atoms with Gasteiger partial charge in [-0.05, 0) is 60.2 Å². The number of carbonyl (C=O) groups is 2. The van der Waals surface area contributed by atoms with E-state index in [9.17, 15) is 9.59 Å². The number of ketones is 1. The lowest BCUT2D eigenvalue weighted by Gasteiger charge is -2.27. The summed E-state index contributed by atoms with van der Waals surface area (Å²) in [6, 6.07) is 7.96. The Bertz CT molecular complexity index is 1610. The average molecular weight is 572 g/mol. The van der Waals surface area contributed by atoms with Gasteiger partial charge in [0.25, 0.3) is 0 Å². The zero-order chi connectivity index (χ0) is 26.8. The van der Waals surface area contributed by atoms with Crippen molar-refractivity contribution < 1.29 is 9.59 Å². The van der Waals surface area contributed by atoms with Crippen molar-refractivity contribution in [3.63, 3.8) is 0 Å². The number of nitrogens with zero attached hydrogens (tertiary/aromatic N) is 7. The highest BCUT2D eigenvalue weighted by molar-refractivity contribution is 9.10. The van der Waals surface area contributed by atoms with E-state index in [1.165, 1.54) is 6.92 Å². The Kier molecular flexibility index (Phi) is 5.94. The van der Waals surface area contributed by atoms with E-state index in [2.05, 4.69) is 42.9 Å². The highest BCUT2D eigenvalue weighted by Crippen LogP contribution is 2.58. The standard InChI is InChI=1S/C27H27BBrN7O2/c1-14-26-18(8-19(32-14)17-11-30-16(3)31-12-17)25(15(2)37)34-35(26)13-24(38)36-20-9-27(20,4)10-22(36)28-21-6-5-7-23(29)33-21/h5-8,11-12,20,22,28H,9-10,13H2,1-4H3. The molecule has 0 N–H and O–H groups in total. The Hall–Kier alpha value is -3.47. The van der Waals surface area contributed by atoms with Crippen LogP contribution in [0.25, 0.3) is 22.2 Å². The van der Waals surface area contributed by atoms with Crippen molar-refractivity contribution in [1.29, 1.82) is 0 Å². The van der Waals surface area contributed by atoms with Gasteiger partial charge in [-0.15, -0.1) is 0 Å². The van der Waals surface area contributed by atoms with E-state index in [4.69, 9.17) is 4.98 Å². The summed E-state index contributed by atoms with van der Waals surface area (Å²) in [5.74, 6) is 0.595. The third-order valence-corrected chi connectivity index (χ3v) is 8.28. The van der Waals surface area contributed by atoms with Crippen LogP contribution in [0.1, 0.15) is 48.7 Å². The zero-order valence-electron chi connectivity index (χ0n) is 21.8. The first-order valence-corrected chi connectivity index (χ1v) is 13.5. The monoisotopic (exact) mass is 571 g/mol. The quantitative estimate of drug-likeness (QED) is 0.199. The fraction of sp³-hybridized carbons (Fsp3) is 0.370. The molecule has 2 aliphatic rings. The van der Waals surface area contributed by atoms with Crippen LogP contribution in [-0.2, 0) is 11.3 Å². The number of pyridine rings is 2. The molecule has 6 rings (SSSR count). The molecule has 3 atom stereocenters. The molecule has 0 spiro atoms. The second-order valence-electron chi connectivity index (χ2n) is 10.8. The number of hydrogen-bond donors (Lipinski definition) is 0. The first kappa shape index (κ1) is 24.8. The number of hydrogen-bond acceptors (Lipinski definition) is 7. The van der Waals surface area contributed by atoms with Crippen molar-refractivity contribution >= 4 is 51.4 Å². The van der Waals surface area contributed by atoms with Crippen LogP contribution in [-0.4, -0.2) is 65.6 Å². The second-order valence-corrected chi connectivity index (χ2v) is 11.6. The Morgan fingerprint density at radius 2 is 1.92 bits per heavy atom. The maximum atomic E-state index is 13.8. The van der Waals surface area contributed by atoms with Gasteiger partial charge in [0.05, 0.1) is 16.9 Å². The van der Waals surface area contributed by atoms with Gasteiger partial charge in [-0.25, -0.2) is 9.97 Å². The molecule has 1 saturated carbocycles. The summed E-state index contributed by atoms with van der Waals surface area (Å²) < 4.78 is 2.44. The topological polar surface area (TPSA) is 107 Å². The van der Waals surface area contributed by atoms with Crippen LogP contribution < -0.4 is 5.59 Å². The van der Waals surface area contributed by atoms with Gasteiger partial charge in [0, 0.05) is 47.8 Å². The van der Waals surface area contributed by atoms with Crippen molar-refractivity contribution in [1.82, 2.24) is 34.6 Å². The van der Waals surface area contributed by atoms with E-state index in [1.54, 1.807) is 17.1 Å². The minimum atomic E-state index is -0.160. The van der Waals surface area contributed by atoms with Crippen molar-refractivity contribution in [2.75, 3.05) is 0 Å². The van der Waals surface area contributed by atoms with E-state index in [0.717, 1.165) is 28.6 Å². The lowest BCUT2D eigenvalue weighted by molar-refractivity contribution is -0.132. The SMILES string of the molecule is CC(=O)c1nn(CC(=O)N2C(Bc3cccc(Br)n3)CC3(C)CC23)c2c(C)nc(-c3cnc(C)nc3)cc12. The number of piperidine rings is 1. The summed E-state index contributed by atoms with van der Waals surface area (Å²) >= 11 is 3.45. The lowest BCUT2D eigenvalue weighted by Crippen LogP contribution is -2.47. The molecule has 1 aliphatic carbocycles. The maximum Gasteiger partial charge on any atom is 0.244 e. The van der Waals surface area contributed by atoms with E-state index < -0.39 is 0 Å². The van der Waals surface area contributed by atoms with Gasteiger partial charge in [-0.2, -0.15) is 5.10 Å². The summed E-state index contributed by atoms with van der Waals surface area (Å²) in [6.45, 7) is 7.51. The van der Waals surface area contributed by atoms with E-state index >= 15 is 0 Å². The number of rotatable bonds is 6. The first-order chi connectivity index (χ1) is 18.1. The molecule has 1 saturated heterocycles. The summed E-state index contributed by atoms with van der Waals surface area (Å²) in [5.41, 5.74) is 4.27. The normalized spacial score (nSPS) is 22.0. The van der Waals surface area contributed by atoms with Gasteiger partial charge in [0.2, 0.25) is 13.2 Å². The molecule has 4 aromatic rings. The van der Waals surface area contributed by atoms with E-state index in [0.29, 0.717) is 41.1 Å². The number of aromatic nitrogens is 6. The molecule has 0 bridgehead atoms. The number of likely N-dealkylation sites (tertiary alicyclic amines) is 1. The van der Waals surface area contributed by atoms with Crippen LogP contribution in [0.5, 0.6) is 0 Å². The summed E-state index contributed by atoms with van der Waals surface area (Å²) in [6.07, 6.45) is 5.41. The first-order valence-electron chi connectivity index (χ1n) is 12.7. The van der Waals surface area contributed by atoms with E-state index in [1.807, 2.05) is 43.0 Å². The number of Topliss-reactive ketones (excluding diaryl/α,β-unsaturated/α-hetero) is 1. The zero-order valence-corrected chi connectivity index (χ0v) is 23.4. The number of fused-ring (bicyclic) bond motifs is 2. The molecule has 0 aromatic carbocycles. The predicted octanol–water partition coefficient (Wildman–Crippen LogP) is 2.96. The van der Waals surface area contributed by atoms with Gasteiger partial charge in [-0.1, -0.05) is 19.1 Å². The Labute approximate surface area is 229 Å². The molecule has 1 amide bonds. The smallest absolute Gasteiger partial charge is 0.244 e. The van der Waals surface area contributed by atoms with Crippen LogP contribution in [0.15, 0.2) is 41.3 Å². The predicted molar refractivity (Wildman–Crippen MR) is 149 cm³/mol. The van der Waals surface area contributed by atoms with Gasteiger partial charge < -0.3 is 4.90 Å². The second kappa shape index (κ2) is 9.08. The molecule has 11 heteroatoms. The average Bonchev–Trinajstić information content (AvgIpc) is 3.22. The number of carbonyl (C=O) groups excluding carboxylic acids is 2. The van der Waals surface area contributed by atoms with Crippen molar-refractivity contribution in [3.05, 3.63) is 58.5 Å². The molecule has 38 heavy (non-hydrogen) atoms. The van der Waals surface area contributed by atoms with Gasteiger partial charge >= 0.3 is 0 Å². The summed E-state index contributed by atoms with van der Waals surface area (Å²) in [7, 11) is 0.707. The van der Waals surface area contributed by atoms with Crippen molar-refractivity contribution in [3.8, 4) is 11.3 Å². The van der Waals surface area contributed by atoms with Crippen molar-refractivity contribution in [2.45, 2.75) is 59.1 Å². The summed E-state index contributed by atoms with van der Waals surface area (Å²) in [5, 5.41) is 5.30. The molecule has 3 unspecified atom stereocenters. The fourth-order valence-corrected chi connectivity index (χ4v) is 6.31. The van der Waals surface area contributed by atoms with Crippen LogP contribution in [0, 0.1) is 19.3 Å². The highest BCUT2D eigenvalue weighted by atomic mass is 79.9. The minimum Gasteiger partial charge on any atom is -0.342 e. The lowest BCUT2D eigenvalue weighted by atomic mass is 9.63. The Balaban J connectivity index is 1.34. The number of halogens is 1. The Morgan fingerprint density at radius 1 is 1.16 bits per heavy atom. The molecule has 4 aromatic heterocycles. The third kappa shape index (κ3) is 4.32. The van der Waals surface area contributed by atoms with Crippen molar-refractivity contribution in [2.24, 2.45) is 5.41 Å². The van der Waals surface area contributed by atoms with Crippen LogP contribution in [0.3, 0.4) is 0 Å². The van der Waals surface area contributed by atoms with Gasteiger partial charge in [-0.3, -0.25) is 24.2 Å². The van der Waals surface area contributed by atoms with Crippen LogP contribution >= 0.6 is 15.9 Å². The molecule has 5 heterocycles. The summed E-state index contributed by atoms with van der Waals surface area (Å²) in [4.78, 5) is 46.4. The third-order valence-electron chi connectivity index (χ3n) is 7.84. The van der Waals surface area contributed by atoms with Crippen LogP contribution in [0.4, 0.5) is 0 Å². The fourth-order valence-electron chi connectivity index (χ4n) is 5.93. The highest BCUT2D eigenvalue weighted by Gasteiger charge is 2.62. The molecular formula is C27H27BBrN7O2. The largest absolute Gasteiger partial charge is 0.342 e. The molecule has 1 aliphatic heterocycles.